The molecule has 8 nitrogen and oxygen atoms in total. The summed E-state index contributed by atoms with van der Waals surface area (Å²) in [6.07, 6.45) is 0.283. The van der Waals surface area contributed by atoms with Crippen molar-refractivity contribution in [3.63, 3.8) is 0 Å². The molecule has 1 aromatic carbocycles. The third kappa shape index (κ3) is 4.51. The van der Waals surface area contributed by atoms with E-state index in [0.717, 1.165) is 13.0 Å². The van der Waals surface area contributed by atoms with Crippen LogP contribution >= 0.6 is 0 Å². The molecule has 0 aliphatic carbocycles. The van der Waals surface area contributed by atoms with Gasteiger partial charge in [0.05, 0.1) is 0 Å². The third-order valence-electron chi connectivity index (χ3n) is 2.74. The van der Waals surface area contributed by atoms with Gasteiger partial charge < -0.3 is 25.2 Å². The van der Waals surface area contributed by atoms with Gasteiger partial charge in [0.15, 0.2) is 11.5 Å². The highest BCUT2D eigenvalue weighted by Gasteiger charge is 2.33. The fourth-order valence-corrected chi connectivity index (χ4v) is 1.47. The number of aliphatic carboxylic acids is 2. The monoisotopic (exact) mass is 310 g/mol. The highest BCUT2D eigenvalue weighted by molar-refractivity contribution is 5.90. The van der Waals surface area contributed by atoms with Crippen molar-refractivity contribution in [2.45, 2.75) is 13.0 Å². The molecule has 0 aromatic heterocycles. The fraction of sp³-hybridized carbons (Fsp3) is 0.214. The zero-order valence-corrected chi connectivity index (χ0v) is 11.5. The van der Waals surface area contributed by atoms with Crippen molar-refractivity contribution in [3.05, 3.63) is 29.8 Å². The van der Waals surface area contributed by atoms with Crippen molar-refractivity contribution in [1.29, 1.82) is 0 Å². The van der Waals surface area contributed by atoms with Crippen LogP contribution in [-0.2, 0) is 19.1 Å². The normalized spacial score (nSPS) is 13.5. The number of carbonyl (C=O) groups is 3. The summed E-state index contributed by atoms with van der Waals surface area (Å²) in [7, 11) is 0. The molecule has 0 fully saturated rings. The summed E-state index contributed by atoms with van der Waals surface area (Å²) in [4.78, 5) is 33.2. The minimum atomic E-state index is -1.82. The molecule has 2 unspecified atom stereocenters. The van der Waals surface area contributed by atoms with E-state index in [9.17, 15) is 19.5 Å². The lowest BCUT2D eigenvalue weighted by Gasteiger charge is -2.16. The zero-order valence-electron chi connectivity index (χ0n) is 11.5. The van der Waals surface area contributed by atoms with E-state index in [4.69, 9.17) is 15.3 Å². The first-order valence-corrected chi connectivity index (χ1v) is 6.08. The summed E-state index contributed by atoms with van der Waals surface area (Å²) >= 11 is 0. The highest BCUT2D eigenvalue weighted by Crippen LogP contribution is 2.25. The Balaban J connectivity index is 2.78. The molecule has 8 heteroatoms. The van der Waals surface area contributed by atoms with Gasteiger partial charge in [0.2, 0.25) is 6.10 Å². The summed E-state index contributed by atoms with van der Waals surface area (Å²) in [6.45, 7) is 1.11. The molecule has 0 saturated carbocycles. The number of esters is 1. The van der Waals surface area contributed by atoms with Crippen LogP contribution < -0.4 is 0 Å². The van der Waals surface area contributed by atoms with Crippen LogP contribution in [0.1, 0.15) is 12.5 Å². The molecule has 0 amide bonds. The van der Waals surface area contributed by atoms with E-state index in [0.29, 0.717) is 5.56 Å². The Labute approximate surface area is 124 Å². The molecular weight excluding hydrogens is 296 g/mol. The van der Waals surface area contributed by atoms with Crippen molar-refractivity contribution >= 4 is 24.0 Å². The van der Waals surface area contributed by atoms with E-state index in [1.165, 1.54) is 24.3 Å². The number of aromatic hydroxyl groups is 2. The van der Waals surface area contributed by atoms with Gasteiger partial charge in [0.25, 0.3) is 0 Å². The van der Waals surface area contributed by atoms with Crippen LogP contribution in [0.5, 0.6) is 11.5 Å². The average molecular weight is 310 g/mol. The Bertz CT molecular complexity index is 619. The molecule has 1 rings (SSSR count). The van der Waals surface area contributed by atoms with E-state index >= 15 is 0 Å². The van der Waals surface area contributed by atoms with Crippen LogP contribution in [0.2, 0.25) is 0 Å². The predicted molar refractivity (Wildman–Crippen MR) is 73.1 cm³/mol. The molecule has 118 valence electrons. The molecule has 0 radical (unpaired) electrons. The maximum atomic E-state index is 11.5. The second kappa shape index (κ2) is 7.11. The largest absolute Gasteiger partial charge is 0.504 e. The quantitative estimate of drug-likeness (QED) is 0.344. The van der Waals surface area contributed by atoms with Gasteiger partial charge in [-0.15, -0.1) is 0 Å². The second-order valence-electron chi connectivity index (χ2n) is 4.40. The van der Waals surface area contributed by atoms with Gasteiger partial charge in [-0.2, -0.15) is 0 Å². The van der Waals surface area contributed by atoms with Gasteiger partial charge >= 0.3 is 17.9 Å². The first-order valence-electron chi connectivity index (χ1n) is 6.08. The van der Waals surface area contributed by atoms with Gasteiger partial charge in [0, 0.05) is 6.08 Å². The van der Waals surface area contributed by atoms with Gasteiger partial charge in [0.1, 0.15) is 5.92 Å². The van der Waals surface area contributed by atoms with Crippen molar-refractivity contribution in [1.82, 2.24) is 0 Å². The molecular formula is C14H14O8. The Morgan fingerprint density at radius 1 is 1.09 bits per heavy atom. The number of carboxylic acids is 2. The Morgan fingerprint density at radius 3 is 2.23 bits per heavy atom. The van der Waals surface area contributed by atoms with E-state index in [-0.39, 0.29) is 5.75 Å². The maximum absolute atomic E-state index is 11.5. The van der Waals surface area contributed by atoms with Crippen LogP contribution in [0.3, 0.4) is 0 Å². The number of rotatable bonds is 6. The maximum Gasteiger partial charge on any atom is 0.345 e. The van der Waals surface area contributed by atoms with Crippen LogP contribution in [0.15, 0.2) is 24.3 Å². The molecule has 0 bridgehead atoms. The summed E-state index contributed by atoms with van der Waals surface area (Å²) in [5.41, 5.74) is 0.352. The molecule has 0 saturated heterocycles. The van der Waals surface area contributed by atoms with Crippen LogP contribution in [0.25, 0.3) is 6.08 Å². The van der Waals surface area contributed by atoms with Crippen molar-refractivity contribution < 1.29 is 39.5 Å². The standard InChI is InChI=1S/C14H14O8/c1-7(13(18)19)12(14(20)21)22-11(17)5-3-8-2-4-9(15)10(16)6-8/h2-7,12,15-16H,1H3,(H,18,19)(H,20,21)/b5-3+. The van der Waals surface area contributed by atoms with Crippen molar-refractivity contribution in [2.75, 3.05) is 0 Å². The van der Waals surface area contributed by atoms with E-state index in [1.807, 2.05) is 0 Å². The second-order valence-corrected chi connectivity index (χ2v) is 4.40. The molecule has 0 aliphatic rings. The average Bonchev–Trinajstić information content (AvgIpc) is 2.44. The number of ether oxygens (including phenoxy) is 1. The lowest BCUT2D eigenvalue weighted by atomic mass is 10.1. The summed E-state index contributed by atoms with van der Waals surface area (Å²) in [5, 5.41) is 36.0. The minimum Gasteiger partial charge on any atom is -0.504 e. The van der Waals surface area contributed by atoms with Crippen molar-refractivity contribution in [2.24, 2.45) is 5.92 Å². The number of carbonyl (C=O) groups excluding carboxylic acids is 1. The number of benzene rings is 1. The molecule has 4 N–H and O–H groups in total. The van der Waals surface area contributed by atoms with Crippen LogP contribution in [-0.4, -0.2) is 44.4 Å². The lowest BCUT2D eigenvalue weighted by molar-refractivity contribution is -0.169. The van der Waals surface area contributed by atoms with Gasteiger partial charge in [-0.25, -0.2) is 9.59 Å². The van der Waals surface area contributed by atoms with E-state index in [2.05, 4.69) is 4.74 Å². The van der Waals surface area contributed by atoms with Crippen LogP contribution in [0.4, 0.5) is 0 Å². The predicted octanol–water partition coefficient (Wildman–Crippen LogP) is 0.828. The first kappa shape index (κ1) is 17.0. The summed E-state index contributed by atoms with van der Waals surface area (Å²) < 4.78 is 4.59. The molecule has 2 atom stereocenters. The molecule has 22 heavy (non-hydrogen) atoms. The number of phenols is 2. The molecule has 0 heterocycles. The molecule has 0 aliphatic heterocycles. The number of hydrogen-bond donors (Lipinski definition) is 4. The summed E-state index contributed by atoms with van der Waals surface area (Å²) in [6, 6.07) is 3.77. The Hall–Kier alpha value is -3.03. The summed E-state index contributed by atoms with van der Waals surface area (Å²) in [5.74, 6) is -6.16. The molecule has 0 spiro atoms. The Kier molecular flexibility index (Phi) is 5.50. The van der Waals surface area contributed by atoms with E-state index in [1.54, 1.807) is 0 Å². The fourth-order valence-electron chi connectivity index (χ4n) is 1.47. The number of phenolic OH excluding ortho intramolecular Hbond substituents is 2. The minimum absolute atomic E-state index is 0.332. The van der Waals surface area contributed by atoms with Crippen LogP contribution in [0, 0.1) is 5.92 Å². The highest BCUT2D eigenvalue weighted by atomic mass is 16.6. The number of carboxylic acid groups (broad SMARTS) is 2. The smallest absolute Gasteiger partial charge is 0.345 e. The number of hydrogen-bond acceptors (Lipinski definition) is 6. The third-order valence-corrected chi connectivity index (χ3v) is 2.74. The van der Waals surface area contributed by atoms with E-state index < -0.39 is 35.7 Å². The lowest BCUT2D eigenvalue weighted by Crippen LogP contribution is -2.36. The van der Waals surface area contributed by atoms with Gasteiger partial charge in [-0.1, -0.05) is 6.07 Å². The zero-order chi connectivity index (χ0) is 16.9. The topological polar surface area (TPSA) is 141 Å². The SMILES string of the molecule is CC(C(=O)O)C(OC(=O)/C=C/c1ccc(O)c(O)c1)C(=O)O. The van der Waals surface area contributed by atoms with Gasteiger partial charge in [-0.3, -0.25) is 4.79 Å². The van der Waals surface area contributed by atoms with Crippen molar-refractivity contribution in [3.8, 4) is 11.5 Å². The Morgan fingerprint density at radius 2 is 1.73 bits per heavy atom. The van der Waals surface area contributed by atoms with Gasteiger partial charge in [-0.05, 0) is 30.7 Å². The first-order chi connectivity index (χ1) is 10.2. The molecule has 1 aromatic rings.